The van der Waals surface area contributed by atoms with Crippen LogP contribution in [0, 0.1) is 15.5 Å². The molecule has 1 saturated carbocycles. The highest BCUT2D eigenvalue weighted by molar-refractivity contribution is 6.17. The number of nitrogens with zero attached hydrogens (tertiary/aromatic N) is 2. The number of rotatable bonds is 4. The molecule has 1 aliphatic heterocycles. The molecule has 1 fully saturated rings. The Bertz CT molecular complexity index is 684. The molecule has 0 bridgehead atoms. The van der Waals surface area contributed by atoms with Crippen molar-refractivity contribution in [3.63, 3.8) is 0 Å². The third kappa shape index (κ3) is 1.27. The highest BCUT2D eigenvalue weighted by atomic mass is 16.7. The van der Waals surface area contributed by atoms with Crippen molar-refractivity contribution in [2.24, 2.45) is 10.6 Å². The van der Waals surface area contributed by atoms with E-state index in [1.807, 2.05) is 0 Å². The Morgan fingerprint density at radius 2 is 2.00 bits per heavy atom. The quantitative estimate of drug-likeness (QED) is 0.480. The Balaban J connectivity index is 2.15. The molecule has 1 aromatic carbocycles. The molecule has 0 radical (unpaired) electrons. The van der Waals surface area contributed by atoms with Crippen molar-refractivity contribution in [2.45, 2.75) is 31.9 Å². The average molecular weight is 304 g/mol. The summed E-state index contributed by atoms with van der Waals surface area (Å²) in [6.07, 6.45) is 0. The van der Waals surface area contributed by atoms with Crippen molar-refractivity contribution >= 4 is 11.7 Å². The van der Waals surface area contributed by atoms with Gasteiger partial charge in [0.25, 0.3) is 0 Å². The summed E-state index contributed by atoms with van der Waals surface area (Å²) in [7, 11) is 0. The summed E-state index contributed by atoms with van der Waals surface area (Å²) in [4.78, 5) is 29.2. The standard InChI is InChI=1S/C15H16N2O5/c1-4-21-12(18)15-13(2,3)14(15,17(19)20)11(16-22-15)10-8-6-5-7-9-10/h5-9H,4H2,1-3H3/t14-,15-/m1/s1. The normalized spacial score (nSPS) is 30.8. The molecule has 7 heteroatoms. The third-order valence-corrected chi connectivity index (χ3v) is 4.73. The molecule has 0 N–H and O–H groups in total. The molecule has 0 spiro atoms. The molecule has 1 heterocycles. The van der Waals surface area contributed by atoms with E-state index in [0.29, 0.717) is 5.56 Å². The van der Waals surface area contributed by atoms with E-state index in [0.717, 1.165) is 0 Å². The summed E-state index contributed by atoms with van der Waals surface area (Å²) in [5.74, 6) is -0.744. The Morgan fingerprint density at radius 3 is 2.55 bits per heavy atom. The number of ether oxygens (including phenoxy) is 1. The Kier molecular flexibility index (Phi) is 2.82. The molecular formula is C15H16N2O5. The maximum atomic E-state index is 12.4. The van der Waals surface area contributed by atoms with Gasteiger partial charge in [0.05, 0.1) is 6.61 Å². The zero-order valence-electron chi connectivity index (χ0n) is 12.5. The van der Waals surface area contributed by atoms with Crippen LogP contribution in [0.4, 0.5) is 0 Å². The Hall–Kier alpha value is -2.44. The number of hydrogen-bond donors (Lipinski definition) is 0. The predicted octanol–water partition coefficient (Wildman–Crippen LogP) is 1.78. The molecule has 116 valence electrons. The second-order valence-corrected chi connectivity index (χ2v) is 5.89. The van der Waals surface area contributed by atoms with Crippen LogP contribution in [0.25, 0.3) is 0 Å². The highest BCUT2D eigenvalue weighted by Gasteiger charge is 3.04. The van der Waals surface area contributed by atoms with E-state index in [9.17, 15) is 14.9 Å². The molecule has 7 nitrogen and oxygen atoms in total. The van der Waals surface area contributed by atoms with Crippen molar-refractivity contribution in [3.05, 3.63) is 46.0 Å². The third-order valence-electron chi connectivity index (χ3n) is 4.73. The minimum atomic E-state index is -1.73. The molecule has 2 atom stereocenters. The first kappa shape index (κ1) is 14.5. The van der Waals surface area contributed by atoms with E-state index in [-0.39, 0.29) is 12.3 Å². The fraction of sp³-hybridized carbons (Fsp3) is 0.467. The molecule has 2 aliphatic rings. The molecule has 1 aliphatic carbocycles. The Labute approximate surface area is 127 Å². The van der Waals surface area contributed by atoms with Gasteiger partial charge in [-0.05, 0) is 20.8 Å². The summed E-state index contributed by atoms with van der Waals surface area (Å²) in [5, 5.41) is 15.8. The second kappa shape index (κ2) is 4.28. The molecule has 0 aromatic heterocycles. The number of oxime groups is 1. The molecule has 1 aromatic rings. The highest BCUT2D eigenvalue weighted by Crippen LogP contribution is 2.73. The number of nitro groups is 1. The summed E-state index contributed by atoms with van der Waals surface area (Å²) < 4.78 is 5.02. The van der Waals surface area contributed by atoms with E-state index >= 15 is 0 Å². The first-order valence-corrected chi connectivity index (χ1v) is 7.01. The van der Waals surface area contributed by atoms with Gasteiger partial charge in [-0.2, -0.15) is 0 Å². The molecule has 0 amide bonds. The molecule has 0 unspecified atom stereocenters. The zero-order valence-corrected chi connectivity index (χ0v) is 12.5. The van der Waals surface area contributed by atoms with E-state index in [4.69, 9.17) is 9.57 Å². The number of fused-ring (bicyclic) bond motifs is 1. The topological polar surface area (TPSA) is 91.0 Å². The summed E-state index contributed by atoms with van der Waals surface area (Å²) >= 11 is 0. The number of hydrogen-bond acceptors (Lipinski definition) is 6. The lowest BCUT2D eigenvalue weighted by Crippen LogP contribution is -2.43. The summed E-state index contributed by atoms with van der Waals surface area (Å²) in [6.45, 7) is 5.02. The van der Waals surface area contributed by atoms with Gasteiger partial charge in [0.1, 0.15) is 5.41 Å². The minimum Gasteiger partial charge on any atom is -0.463 e. The number of carbonyl (C=O) groups excluding carboxylic acids is 1. The smallest absolute Gasteiger partial charge is 0.362 e. The van der Waals surface area contributed by atoms with Gasteiger partial charge < -0.3 is 9.57 Å². The van der Waals surface area contributed by atoms with Gasteiger partial charge in [0.15, 0.2) is 5.71 Å². The van der Waals surface area contributed by atoms with Crippen LogP contribution >= 0.6 is 0 Å². The van der Waals surface area contributed by atoms with Crippen LogP contribution in [-0.4, -0.2) is 34.4 Å². The van der Waals surface area contributed by atoms with Crippen LogP contribution in [0.5, 0.6) is 0 Å². The fourth-order valence-electron chi connectivity index (χ4n) is 3.61. The molecule has 0 saturated heterocycles. The van der Waals surface area contributed by atoms with Crippen molar-refractivity contribution in [1.82, 2.24) is 0 Å². The summed E-state index contributed by atoms with van der Waals surface area (Å²) in [5.41, 5.74) is -3.76. The van der Waals surface area contributed by atoms with Crippen LogP contribution in [0.3, 0.4) is 0 Å². The zero-order chi connectivity index (χ0) is 16.2. The van der Waals surface area contributed by atoms with Crippen LogP contribution in [0.2, 0.25) is 0 Å². The van der Waals surface area contributed by atoms with Crippen LogP contribution in [0.1, 0.15) is 26.3 Å². The minimum absolute atomic E-state index is 0.120. The fourth-order valence-corrected chi connectivity index (χ4v) is 3.61. The van der Waals surface area contributed by atoms with Gasteiger partial charge >= 0.3 is 17.1 Å². The van der Waals surface area contributed by atoms with E-state index in [1.165, 1.54) is 0 Å². The second-order valence-electron chi connectivity index (χ2n) is 5.89. The first-order valence-electron chi connectivity index (χ1n) is 7.01. The van der Waals surface area contributed by atoms with Gasteiger partial charge in [-0.15, -0.1) is 0 Å². The van der Waals surface area contributed by atoms with Gasteiger partial charge in [0.2, 0.25) is 0 Å². The average Bonchev–Trinajstić information content (AvgIpc) is 2.80. The predicted molar refractivity (Wildman–Crippen MR) is 76.9 cm³/mol. The van der Waals surface area contributed by atoms with E-state index < -0.39 is 27.4 Å². The maximum Gasteiger partial charge on any atom is 0.362 e. The lowest BCUT2D eigenvalue weighted by molar-refractivity contribution is -0.529. The number of benzene rings is 1. The summed E-state index contributed by atoms with van der Waals surface area (Å²) in [6, 6.07) is 8.73. The number of esters is 1. The molecular weight excluding hydrogens is 288 g/mol. The first-order chi connectivity index (χ1) is 10.4. The van der Waals surface area contributed by atoms with Crippen LogP contribution < -0.4 is 0 Å². The van der Waals surface area contributed by atoms with Crippen LogP contribution in [-0.2, 0) is 14.4 Å². The largest absolute Gasteiger partial charge is 0.463 e. The van der Waals surface area contributed by atoms with Gasteiger partial charge in [0, 0.05) is 10.5 Å². The van der Waals surface area contributed by atoms with Gasteiger partial charge in [-0.3, -0.25) is 10.1 Å². The monoisotopic (exact) mass is 304 g/mol. The van der Waals surface area contributed by atoms with Crippen molar-refractivity contribution in [3.8, 4) is 0 Å². The van der Waals surface area contributed by atoms with Crippen molar-refractivity contribution in [1.29, 1.82) is 0 Å². The lowest BCUT2D eigenvalue weighted by Gasteiger charge is -2.12. The van der Waals surface area contributed by atoms with E-state index in [2.05, 4.69) is 5.16 Å². The lowest BCUT2D eigenvalue weighted by atomic mass is 9.94. The van der Waals surface area contributed by atoms with Crippen molar-refractivity contribution < 1.29 is 19.3 Å². The Morgan fingerprint density at radius 1 is 1.36 bits per heavy atom. The van der Waals surface area contributed by atoms with Crippen LogP contribution in [0.15, 0.2) is 35.5 Å². The molecule has 3 rings (SSSR count). The SMILES string of the molecule is CCOC(=O)[C@]12ON=C(c3ccccc3)[C@@]1([N+](=O)[O-])C2(C)C. The number of carbonyl (C=O) groups is 1. The van der Waals surface area contributed by atoms with Gasteiger partial charge in [-0.25, -0.2) is 4.79 Å². The van der Waals surface area contributed by atoms with Crippen molar-refractivity contribution in [2.75, 3.05) is 6.61 Å². The maximum absolute atomic E-state index is 12.4. The van der Waals surface area contributed by atoms with E-state index in [1.54, 1.807) is 51.1 Å². The van der Waals surface area contributed by atoms with Gasteiger partial charge in [-0.1, -0.05) is 35.5 Å². The molecule has 22 heavy (non-hydrogen) atoms.